The molecule has 110 valence electrons. The molecule has 0 spiro atoms. The Hall–Kier alpha value is -1.67. The molecule has 0 aliphatic heterocycles. The molecule has 0 amide bonds. The van der Waals surface area contributed by atoms with E-state index in [9.17, 15) is 4.79 Å². The molecule has 0 saturated carbocycles. The van der Waals surface area contributed by atoms with E-state index in [1.165, 1.54) is 26.1 Å². The minimum absolute atomic E-state index is 0.0151. The number of Topliss-reactive ketones (excluding diaryl/α,β-unsaturated/α-hetero) is 1. The fraction of sp³-hybridized carbons (Fsp3) is 0.316. The first kappa shape index (κ1) is 15.7. The van der Waals surface area contributed by atoms with Crippen molar-refractivity contribution in [3.63, 3.8) is 0 Å². The van der Waals surface area contributed by atoms with E-state index in [1.54, 1.807) is 11.3 Å². The van der Waals surface area contributed by atoms with Crippen molar-refractivity contribution in [2.75, 3.05) is 0 Å². The second kappa shape index (κ2) is 6.86. The van der Waals surface area contributed by atoms with Gasteiger partial charge in [0, 0.05) is 21.9 Å². The number of carbonyl (C=O) groups excluding carboxylic acids is 1. The van der Waals surface area contributed by atoms with Crippen molar-refractivity contribution < 1.29 is 4.79 Å². The van der Waals surface area contributed by atoms with Crippen LogP contribution in [0.25, 0.3) is 15.7 Å². The van der Waals surface area contributed by atoms with Crippen LogP contribution in [0.3, 0.4) is 0 Å². The summed E-state index contributed by atoms with van der Waals surface area (Å²) in [6, 6.07) is 10.7. The van der Waals surface area contributed by atoms with Crippen molar-refractivity contribution in [3.05, 3.63) is 52.9 Å². The average Bonchev–Trinajstić information content (AvgIpc) is 2.89. The molecule has 0 N–H and O–H groups in total. The molecule has 21 heavy (non-hydrogen) atoms. The summed E-state index contributed by atoms with van der Waals surface area (Å²) in [5.74, 6) is 0.273. The first-order valence-corrected chi connectivity index (χ1v) is 8.22. The summed E-state index contributed by atoms with van der Waals surface area (Å²) in [7, 11) is 0. The van der Waals surface area contributed by atoms with E-state index < -0.39 is 0 Å². The minimum atomic E-state index is -0.0151. The smallest absolute Gasteiger partial charge is 0.139 e. The Labute approximate surface area is 131 Å². The van der Waals surface area contributed by atoms with E-state index in [4.69, 9.17) is 0 Å². The van der Waals surface area contributed by atoms with Gasteiger partial charge in [0.2, 0.25) is 0 Å². The second-order valence-electron chi connectivity index (χ2n) is 5.53. The number of rotatable bonds is 5. The number of hydrogen-bond acceptors (Lipinski definition) is 2. The number of thiophene rings is 1. The van der Waals surface area contributed by atoms with Crippen molar-refractivity contribution in [3.8, 4) is 0 Å². The molecule has 1 unspecified atom stereocenters. The van der Waals surface area contributed by atoms with Gasteiger partial charge < -0.3 is 0 Å². The Morgan fingerprint density at radius 2 is 2.00 bits per heavy atom. The lowest BCUT2D eigenvalue weighted by Crippen LogP contribution is -2.05. The maximum atomic E-state index is 11.7. The van der Waals surface area contributed by atoms with Crippen LogP contribution in [0.5, 0.6) is 0 Å². The van der Waals surface area contributed by atoms with Crippen LogP contribution < -0.4 is 0 Å². The molecule has 1 atom stereocenters. The van der Waals surface area contributed by atoms with Gasteiger partial charge in [0.05, 0.1) is 0 Å². The highest BCUT2D eigenvalue weighted by molar-refractivity contribution is 7.20. The molecule has 1 heterocycles. The van der Waals surface area contributed by atoms with Crippen LogP contribution >= 0.6 is 11.3 Å². The lowest BCUT2D eigenvalue weighted by Gasteiger charge is -2.05. The molecule has 2 heteroatoms. The zero-order valence-corrected chi connectivity index (χ0v) is 14.0. The average molecular weight is 298 g/mol. The van der Waals surface area contributed by atoms with Gasteiger partial charge >= 0.3 is 0 Å². The molecule has 2 rings (SSSR count). The number of carbonyl (C=O) groups is 1. The molecular weight excluding hydrogens is 276 g/mol. The lowest BCUT2D eigenvalue weighted by molar-refractivity contribution is -0.120. The molecule has 1 aromatic carbocycles. The first-order valence-electron chi connectivity index (χ1n) is 7.40. The minimum Gasteiger partial charge on any atom is -0.299 e. The molecule has 0 bridgehead atoms. The maximum Gasteiger partial charge on any atom is 0.139 e. The Morgan fingerprint density at radius 1 is 1.29 bits per heavy atom. The highest BCUT2D eigenvalue weighted by Gasteiger charge is 2.09. The normalized spacial score (nSPS) is 12.8. The van der Waals surface area contributed by atoms with Crippen molar-refractivity contribution >= 4 is 32.8 Å². The van der Waals surface area contributed by atoms with E-state index in [0.717, 1.165) is 0 Å². The van der Waals surface area contributed by atoms with E-state index >= 15 is 0 Å². The van der Waals surface area contributed by atoms with Crippen molar-refractivity contribution in [2.45, 2.75) is 34.1 Å². The highest BCUT2D eigenvalue weighted by atomic mass is 32.1. The molecule has 2 aromatic rings. The lowest BCUT2D eigenvalue weighted by atomic mass is 10.0. The molecule has 1 nitrogen and oxygen atoms in total. The summed E-state index contributed by atoms with van der Waals surface area (Å²) >= 11 is 1.81. The summed E-state index contributed by atoms with van der Waals surface area (Å²) in [6.07, 6.45) is 4.73. The number of allylic oxidation sites excluding steroid dienone is 4. The van der Waals surface area contributed by atoms with E-state index in [1.807, 2.05) is 19.9 Å². The SMILES string of the molecule is CCC(=O)C(C)/C=C\C(=C(C)C)c1cc2ccccc2s1. The molecule has 0 saturated heterocycles. The van der Waals surface area contributed by atoms with E-state index in [0.29, 0.717) is 6.42 Å². The number of ketones is 1. The molecular formula is C19H22OS. The van der Waals surface area contributed by atoms with Crippen LogP contribution in [0, 0.1) is 5.92 Å². The van der Waals surface area contributed by atoms with Gasteiger partial charge in [-0.15, -0.1) is 11.3 Å². The van der Waals surface area contributed by atoms with Crippen LogP contribution in [0.2, 0.25) is 0 Å². The summed E-state index contributed by atoms with van der Waals surface area (Å²) in [4.78, 5) is 13.0. The zero-order chi connectivity index (χ0) is 15.4. The molecule has 0 radical (unpaired) electrons. The van der Waals surface area contributed by atoms with Crippen LogP contribution in [-0.2, 0) is 4.79 Å². The van der Waals surface area contributed by atoms with Crippen LogP contribution in [0.15, 0.2) is 48.1 Å². The zero-order valence-electron chi connectivity index (χ0n) is 13.1. The van der Waals surface area contributed by atoms with Gasteiger partial charge in [-0.25, -0.2) is 0 Å². The predicted molar refractivity (Wildman–Crippen MR) is 93.7 cm³/mol. The fourth-order valence-corrected chi connectivity index (χ4v) is 3.48. The Kier molecular flexibility index (Phi) is 5.13. The monoisotopic (exact) mass is 298 g/mol. The van der Waals surface area contributed by atoms with Gasteiger partial charge in [0.1, 0.15) is 5.78 Å². The maximum absolute atomic E-state index is 11.7. The van der Waals surface area contributed by atoms with Crippen LogP contribution in [0.1, 0.15) is 39.0 Å². The second-order valence-corrected chi connectivity index (χ2v) is 6.61. The van der Waals surface area contributed by atoms with E-state index in [2.05, 4.69) is 50.3 Å². The number of benzene rings is 1. The van der Waals surface area contributed by atoms with Gasteiger partial charge in [0.15, 0.2) is 0 Å². The third-order valence-electron chi connectivity index (χ3n) is 3.64. The van der Waals surface area contributed by atoms with Crippen molar-refractivity contribution in [1.29, 1.82) is 0 Å². The topological polar surface area (TPSA) is 17.1 Å². The Bertz CT molecular complexity index is 666. The number of hydrogen-bond donors (Lipinski definition) is 0. The highest BCUT2D eigenvalue weighted by Crippen LogP contribution is 2.32. The summed E-state index contributed by atoms with van der Waals surface area (Å²) in [6.45, 7) is 8.13. The third-order valence-corrected chi connectivity index (χ3v) is 4.79. The van der Waals surface area contributed by atoms with Gasteiger partial charge in [-0.2, -0.15) is 0 Å². The quantitative estimate of drug-likeness (QED) is 0.631. The third kappa shape index (κ3) is 3.70. The molecule has 0 fully saturated rings. The van der Waals surface area contributed by atoms with Gasteiger partial charge in [-0.1, -0.05) is 49.8 Å². The summed E-state index contributed by atoms with van der Waals surface area (Å²) in [5.41, 5.74) is 2.50. The van der Waals surface area contributed by atoms with Crippen molar-refractivity contribution in [1.82, 2.24) is 0 Å². The standard InChI is InChI=1S/C19H22OS/c1-5-17(20)14(4)10-11-16(13(2)3)19-12-15-8-6-7-9-18(15)21-19/h6-12,14H,5H2,1-4H3/b11-10-. The Balaban J connectivity index is 2.34. The molecule has 0 aliphatic rings. The van der Waals surface area contributed by atoms with Gasteiger partial charge in [0.25, 0.3) is 0 Å². The van der Waals surface area contributed by atoms with Gasteiger partial charge in [-0.05, 0) is 36.9 Å². The predicted octanol–water partition coefficient (Wildman–Crippen LogP) is 5.87. The van der Waals surface area contributed by atoms with Crippen molar-refractivity contribution in [2.24, 2.45) is 5.92 Å². The first-order chi connectivity index (χ1) is 10.0. The van der Waals surface area contributed by atoms with Gasteiger partial charge in [-0.3, -0.25) is 4.79 Å². The largest absolute Gasteiger partial charge is 0.299 e. The Morgan fingerprint density at radius 3 is 2.62 bits per heavy atom. The fourth-order valence-electron chi connectivity index (χ4n) is 2.28. The molecule has 0 aliphatic carbocycles. The van der Waals surface area contributed by atoms with Crippen LogP contribution in [0.4, 0.5) is 0 Å². The summed E-state index contributed by atoms with van der Waals surface area (Å²) < 4.78 is 1.30. The summed E-state index contributed by atoms with van der Waals surface area (Å²) in [5, 5.41) is 1.28. The number of fused-ring (bicyclic) bond motifs is 1. The van der Waals surface area contributed by atoms with Crippen LogP contribution in [-0.4, -0.2) is 5.78 Å². The molecule has 1 aromatic heterocycles. The van der Waals surface area contributed by atoms with E-state index in [-0.39, 0.29) is 11.7 Å².